The van der Waals surface area contributed by atoms with Crippen LogP contribution in [0.2, 0.25) is 0 Å². The van der Waals surface area contributed by atoms with E-state index in [2.05, 4.69) is 0 Å². The minimum absolute atomic E-state index is 0.143. The first-order valence-corrected chi connectivity index (χ1v) is 10.6. The van der Waals surface area contributed by atoms with Crippen molar-refractivity contribution < 1.29 is 38.8 Å². The lowest BCUT2D eigenvalue weighted by Gasteiger charge is -2.29. The molecule has 3 heterocycles. The molecule has 2 aliphatic rings. The highest BCUT2D eigenvalue weighted by Gasteiger charge is 2.57. The smallest absolute Gasteiger partial charge is 0.403 e. The van der Waals surface area contributed by atoms with E-state index in [1.807, 2.05) is 11.9 Å². The van der Waals surface area contributed by atoms with Crippen molar-refractivity contribution in [1.82, 2.24) is 9.55 Å². The zero-order chi connectivity index (χ0) is 23.5. The molecule has 0 spiro atoms. The standard InChI is InChI=1S/C18H20FN2O9P/c1-9-5-10(2)14-11(6-9)7-27-31(26,30-14)28-8-18(19)15(24)13(23)16(29-18)21-4-3-12(22)20-17(21)25/h3-6,13,15-16,23-24H,7-8H2,1-2H3,(H,20,22,25)/t13-,15+,16-,18-,31?/m1/s1/i16D. The molecule has 1 saturated heterocycles. The van der Waals surface area contributed by atoms with Crippen LogP contribution >= 0.6 is 7.82 Å². The topological polar surface area (TPSA) is 149 Å². The number of aliphatic hydroxyl groups is 2. The quantitative estimate of drug-likeness (QED) is 0.565. The van der Waals surface area contributed by atoms with Gasteiger partial charge in [0.05, 0.1) is 7.98 Å². The number of fused-ring (bicyclic) bond motifs is 1. The fraction of sp³-hybridized carbons (Fsp3) is 0.444. The lowest BCUT2D eigenvalue weighted by molar-refractivity contribution is -0.205. The van der Waals surface area contributed by atoms with Crippen molar-refractivity contribution >= 4 is 7.82 Å². The molecule has 1 unspecified atom stereocenters. The van der Waals surface area contributed by atoms with Crippen LogP contribution in [0, 0.1) is 13.8 Å². The molecule has 1 aromatic heterocycles. The van der Waals surface area contributed by atoms with Crippen LogP contribution in [-0.2, 0) is 25.0 Å². The molecule has 0 aliphatic carbocycles. The van der Waals surface area contributed by atoms with Crippen LogP contribution in [0.4, 0.5) is 4.39 Å². The van der Waals surface area contributed by atoms with Gasteiger partial charge in [-0.1, -0.05) is 17.7 Å². The molecule has 2 aromatic rings. The third kappa shape index (κ3) is 3.98. The molecule has 31 heavy (non-hydrogen) atoms. The summed E-state index contributed by atoms with van der Waals surface area (Å²) in [5, 5.41) is 20.4. The zero-order valence-electron chi connectivity index (χ0n) is 17.4. The predicted molar refractivity (Wildman–Crippen MR) is 102 cm³/mol. The molecule has 13 heteroatoms. The minimum atomic E-state index is -4.35. The van der Waals surface area contributed by atoms with Gasteiger partial charge in [0.15, 0.2) is 6.20 Å². The number of phosphoric ester groups is 1. The summed E-state index contributed by atoms with van der Waals surface area (Å²) in [7, 11) is -4.35. The van der Waals surface area contributed by atoms with Gasteiger partial charge in [0.25, 0.3) is 11.4 Å². The summed E-state index contributed by atoms with van der Waals surface area (Å²) in [6, 6.07) is 4.39. The number of H-pyrrole nitrogens is 1. The number of phosphoric acid groups is 1. The van der Waals surface area contributed by atoms with E-state index in [4.69, 9.17) is 19.7 Å². The third-order valence-electron chi connectivity index (χ3n) is 4.83. The summed E-state index contributed by atoms with van der Waals surface area (Å²) in [4.78, 5) is 25.1. The van der Waals surface area contributed by atoms with Crippen LogP contribution < -0.4 is 15.8 Å². The summed E-state index contributed by atoms with van der Waals surface area (Å²) >= 11 is 0. The van der Waals surface area contributed by atoms with Crippen LogP contribution in [0.15, 0.2) is 34.0 Å². The number of aromatic amines is 1. The van der Waals surface area contributed by atoms with Gasteiger partial charge in [0.1, 0.15) is 24.6 Å². The van der Waals surface area contributed by atoms with E-state index in [1.165, 1.54) is 0 Å². The Bertz CT molecular complexity index is 1240. The number of rotatable bonds is 4. The van der Waals surface area contributed by atoms with E-state index < -0.39 is 49.9 Å². The van der Waals surface area contributed by atoms with Crippen molar-refractivity contribution in [2.75, 3.05) is 6.61 Å². The first-order valence-electron chi connectivity index (χ1n) is 9.63. The normalized spacial score (nSPS) is 35.3. The molecule has 0 saturated carbocycles. The number of nitrogens with one attached hydrogen (secondary N) is 1. The van der Waals surface area contributed by atoms with E-state index in [0.29, 0.717) is 15.7 Å². The Kier molecular flexibility index (Phi) is 5.08. The van der Waals surface area contributed by atoms with Crippen molar-refractivity contribution in [1.29, 1.82) is 0 Å². The Hall–Kier alpha value is -2.34. The van der Waals surface area contributed by atoms with Gasteiger partial charge in [0, 0.05) is 17.8 Å². The molecule has 168 valence electrons. The molecule has 4 rings (SSSR count). The molecule has 0 amide bonds. The zero-order valence-corrected chi connectivity index (χ0v) is 17.3. The van der Waals surface area contributed by atoms with Crippen molar-refractivity contribution in [3.05, 3.63) is 61.9 Å². The largest absolute Gasteiger partial charge is 0.530 e. The van der Waals surface area contributed by atoms with Gasteiger partial charge in [0.2, 0.25) is 0 Å². The molecule has 1 fully saturated rings. The van der Waals surface area contributed by atoms with E-state index in [1.54, 1.807) is 19.1 Å². The van der Waals surface area contributed by atoms with Crippen LogP contribution in [0.3, 0.4) is 0 Å². The maximum atomic E-state index is 15.4. The second kappa shape index (κ2) is 7.66. The second-order valence-electron chi connectivity index (χ2n) is 7.25. The summed E-state index contributed by atoms with van der Waals surface area (Å²) in [6.07, 6.45) is -6.72. The number of ether oxygens (including phenoxy) is 1. The Morgan fingerprint density at radius 2 is 2.16 bits per heavy atom. The van der Waals surface area contributed by atoms with E-state index >= 15 is 4.39 Å². The van der Waals surface area contributed by atoms with Crippen molar-refractivity contribution in [2.24, 2.45) is 0 Å². The van der Waals surface area contributed by atoms with Crippen LogP contribution in [-0.4, -0.2) is 44.4 Å². The number of alkyl halides is 1. The van der Waals surface area contributed by atoms with Crippen molar-refractivity contribution in [2.45, 2.75) is 44.7 Å². The third-order valence-corrected chi connectivity index (χ3v) is 6.12. The highest BCUT2D eigenvalue weighted by atomic mass is 31.2. The summed E-state index contributed by atoms with van der Waals surface area (Å²) < 4.78 is 57.3. The van der Waals surface area contributed by atoms with Crippen molar-refractivity contribution in [3.8, 4) is 5.75 Å². The van der Waals surface area contributed by atoms with Gasteiger partial charge >= 0.3 is 13.5 Å². The molecule has 5 atom stereocenters. The number of aliphatic hydroxyl groups excluding tert-OH is 2. The molecular formula is C18H20FN2O9P. The fourth-order valence-corrected chi connectivity index (χ4v) is 4.66. The fourth-order valence-electron chi connectivity index (χ4n) is 3.36. The molecule has 11 nitrogen and oxygen atoms in total. The van der Waals surface area contributed by atoms with Gasteiger partial charge in [-0.15, -0.1) is 0 Å². The first kappa shape index (κ1) is 20.6. The monoisotopic (exact) mass is 459 g/mol. The molecular weight excluding hydrogens is 438 g/mol. The Morgan fingerprint density at radius 3 is 2.87 bits per heavy atom. The van der Waals surface area contributed by atoms with Crippen LogP contribution in [0.5, 0.6) is 5.75 Å². The maximum absolute atomic E-state index is 15.4. The Balaban J connectivity index is 1.56. The van der Waals surface area contributed by atoms with E-state index in [0.717, 1.165) is 17.8 Å². The lowest BCUT2D eigenvalue weighted by Crippen LogP contribution is -2.43. The summed E-state index contributed by atoms with van der Waals surface area (Å²) in [5.41, 5.74) is 0.209. The Morgan fingerprint density at radius 1 is 1.42 bits per heavy atom. The van der Waals surface area contributed by atoms with Gasteiger partial charge in [-0.05, 0) is 19.4 Å². The molecule has 0 radical (unpaired) electrons. The van der Waals surface area contributed by atoms with Gasteiger partial charge < -0.3 is 19.5 Å². The summed E-state index contributed by atoms with van der Waals surface area (Å²) in [5.74, 6) is -3.02. The van der Waals surface area contributed by atoms with E-state index in [9.17, 15) is 24.4 Å². The molecule has 1 aromatic carbocycles. The highest BCUT2D eigenvalue weighted by molar-refractivity contribution is 7.49. The minimum Gasteiger partial charge on any atom is -0.403 e. The molecule has 2 aliphatic heterocycles. The summed E-state index contributed by atoms with van der Waals surface area (Å²) in [6.45, 7) is 2.17. The van der Waals surface area contributed by atoms with Gasteiger partial charge in [-0.2, -0.15) is 0 Å². The number of halogens is 1. The number of benzene rings is 1. The van der Waals surface area contributed by atoms with Crippen LogP contribution in [0.1, 0.15) is 24.3 Å². The average Bonchev–Trinajstić information content (AvgIpc) is 2.88. The lowest BCUT2D eigenvalue weighted by atomic mass is 10.1. The number of hydrogen-bond donors (Lipinski definition) is 3. The first-order chi connectivity index (χ1) is 14.9. The predicted octanol–water partition coefficient (Wildman–Crippen LogP) is 0.804. The maximum Gasteiger partial charge on any atom is 0.530 e. The van der Waals surface area contributed by atoms with Gasteiger partial charge in [-0.3, -0.25) is 23.4 Å². The highest BCUT2D eigenvalue weighted by Crippen LogP contribution is 2.56. The Labute approximate surface area is 176 Å². The average molecular weight is 459 g/mol. The van der Waals surface area contributed by atoms with Gasteiger partial charge in [-0.25, -0.2) is 13.8 Å². The molecule has 0 bridgehead atoms. The number of hydrogen-bond acceptors (Lipinski definition) is 9. The number of aromatic nitrogens is 2. The number of aryl methyl sites for hydroxylation is 2. The van der Waals surface area contributed by atoms with Crippen LogP contribution in [0.25, 0.3) is 0 Å². The molecule has 3 N–H and O–H groups in total. The SMILES string of the molecule is [2H][C@@]1(n2ccc(=O)[nH]c2=O)O[C@](F)(COP2(=O)OCc3cc(C)cc(C)c3O2)[C@@H](O)[C@H]1O. The number of nitrogens with zero attached hydrogens (tertiary/aromatic N) is 1. The van der Waals surface area contributed by atoms with Crippen molar-refractivity contribution in [3.63, 3.8) is 0 Å². The van der Waals surface area contributed by atoms with E-state index in [-0.39, 0.29) is 12.4 Å². The second-order valence-corrected chi connectivity index (χ2v) is 8.85.